The molecule has 0 unspecified atom stereocenters. The second kappa shape index (κ2) is 11.2. The van der Waals surface area contributed by atoms with E-state index in [9.17, 15) is 4.79 Å². The van der Waals surface area contributed by atoms with Gasteiger partial charge in [-0.1, -0.05) is 0 Å². The summed E-state index contributed by atoms with van der Waals surface area (Å²) in [5.41, 5.74) is 2.93. The first-order valence-corrected chi connectivity index (χ1v) is 9.90. The summed E-state index contributed by atoms with van der Waals surface area (Å²) in [6.45, 7) is 9.95. The Kier molecular flexibility index (Phi) is 8.94. The lowest BCUT2D eigenvalue weighted by atomic mass is 10.1. The summed E-state index contributed by atoms with van der Waals surface area (Å²) < 4.78 is 10.7. The highest BCUT2D eigenvalue weighted by Crippen LogP contribution is 2.24. The minimum atomic E-state index is -0.0665. The highest BCUT2D eigenvalue weighted by molar-refractivity contribution is 14.0. The van der Waals surface area contributed by atoms with Crippen molar-refractivity contribution in [3.63, 3.8) is 0 Å². The molecule has 0 saturated carbocycles. The van der Waals surface area contributed by atoms with Gasteiger partial charge in [0.1, 0.15) is 5.75 Å². The van der Waals surface area contributed by atoms with Crippen molar-refractivity contribution in [1.29, 1.82) is 0 Å². The summed E-state index contributed by atoms with van der Waals surface area (Å²) in [7, 11) is 1.68. The minimum Gasteiger partial charge on any atom is -0.496 e. The van der Waals surface area contributed by atoms with Crippen molar-refractivity contribution in [3.8, 4) is 5.75 Å². The summed E-state index contributed by atoms with van der Waals surface area (Å²) in [6, 6.07) is 3.43. The molecule has 1 aliphatic rings. The highest BCUT2D eigenvalue weighted by atomic mass is 127. The maximum absolute atomic E-state index is 12.4. The second-order valence-electron chi connectivity index (χ2n) is 6.97. The van der Waals surface area contributed by atoms with Crippen LogP contribution in [-0.4, -0.2) is 66.5 Å². The molecule has 2 aromatic rings. The van der Waals surface area contributed by atoms with Gasteiger partial charge in [0.15, 0.2) is 11.7 Å². The number of nitrogens with one attached hydrogen (secondary N) is 1. The zero-order valence-corrected chi connectivity index (χ0v) is 20.3. The van der Waals surface area contributed by atoms with Gasteiger partial charge in [0.05, 0.1) is 25.6 Å². The van der Waals surface area contributed by atoms with Gasteiger partial charge in [-0.2, -0.15) is 0 Å². The Labute approximate surface area is 194 Å². The van der Waals surface area contributed by atoms with E-state index >= 15 is 0 Å². The van der Waals surface area contributed by atoms with E-state index in [-0.39, 0.29) is 29.9 Å². The van der Waals surface area contributed by atoms with Crippen molar-refractivity contribution in [1.82, 2.24) is 20.1 Å². The van der Waals surface area contributed by atoms with Crippen molar-refractivity contribution in [2.24, 2.45) is 4.99 Å². The van der Waals surface area contributed by atoms with Crippen LogP contribution >= 0.6 is 24.0 Å². The zero-order valence-electron chi connectivity index (χ0n) is 18.0. The predicted octanol–water partition coefficient (Wildman–Crippen LogP) is 2.84. The number of ether oxygens (including phenoxy) is 1. The number of rotatable bonds is 5. The van der Waals surface area contributed by atoms with Crippen molar-refractivity contribution in [2.75, 3.05) is 39.8 Å². The minimum absolute atomic E-state index is 0. The van der Waals surface area contributed by atoms with Crippen LogP contribution in [0.15, 0.2) is 34.0 Å². The summed E-state index contributed by atoms with van der Waals surface area (Å²) in [6.07, 6.45) is 3.35. The third-order valence-corrected chi connectivity index (χ3v) is 5.06. The third kappa shape index (κ3) is 5.44. The Morgan fingerprint density at radius 3 is 2.57 bits per heavy atom. The van der Waals surface area contributed by atoms with Crippen molar-refractivity contribution < 1.29 is 13.9 Å². The summed E-state index contributed by atoms with van der Waals surface area (Å²) >= 11 is 0. The van der Waals surface area contributed by atoms with E-state index in [2.05, 4.69) is 15.2 Å². The molecule has 2 aromatic heterocycles. The molecule has 3 heterocycles. The molecule has 9 heteroatoms. The summed E-state index contributed by atoms with van der Waals surface area (Å²) in [4.78, 5) is 25.8. The molecular weight excluding hydrogens is 497 g/mol. The van der Waals surface area contributed by atoms with E-state index in [0.717, 1.165) is 35.1 Å². The second-order valence-corrected chi connectivity index (χ2v) is 6.97. The van der Waals surface area contributed by atoms with Crippen LogP contribution in [0.3, 0.4) is 0 Å². The normalized spacial score (nSPS) is 14.3. The molecule has 0 aliphatic carbocycles. The molecule has 1 aliphatic heterocycles. The average Bonchev–Trinajstić information content (AvgIpc) is 3.27. The van der Waals surface area contributed by atoms with E-state index in [1.807, 2.05) is 31.9 Å². The largest absolute Gasteiger partial charge is 0.496 e. The van der Waals surface area contributed by atoms with E-state index in [0.29, 0.717) is 38.5 Å². The van der Waals surface area contributed by atoms with Gasteiger partial charge >= 0.3 is 0 Å². The number of nitrogens with zero attached hydrogens (tertiary/aromatic N) is 4. The smallest absolute Gasteiger partial charge is 0.289 e. The number of pyridine rings is 1. The number of methoxy groups -OCH3 is 1. The Bertz CT molecular complexity index is 862. The number of hydrogen-bond acceptors (Lipinski definition) is 5. The molecule has 0 spiro atoms. The van der Waals surface area contributed by atoms with Crippen LogP contribution in [0.5, 0.6) is 5.75 Å². The van der Waals surface area contributed by atoms with Gasteiger partial charge in [-0.05, 0) is 32.9 Å². The highest BCUT2D eigenvalue weighted by Gasteiger charge is 2.25. The first kappa shape index (κ1) is 24.0. The molecule has 1 N–H and O–H groups in total. The fourth-order valence-corrected chi connectivity index (χ4v) is 3.48. The van der Waals surface area contributed by atoms with Gasteiger partial charge in [-0.15, -0.1) is 24.0 Å². The summed E-state index contributed by atoms with van der Waals surface area (Å²) in [5.74, 6) is 2.01. The van der Waals surface area contributed by atoms with Crippen molar-refractivity contribution >= 4 is 35.8 Å². The van der Waals surface area contributed by atoms with Crippen LogP contribution in [0.4, 0.5) is 0 Å². The number of amides is 1. The van der Waals surface area contributed by atoms with E-state index in [4.69, 9.17) is 14.1 Å². The number of furan rings is 1. The fourth-order valence-electron chi connectivity index (χ4n) is 3.48. The predicted molar refractivity (Wildman–Crippen MR) is 127 cm³/mol. The SMILES string of the molecule is CCNC(=NCc1ncc(C)c(OC)c1C)N1CCN(C(=O)c2ccco2)CC1.I. The average molecular weight is 527 g/mol. The standard InChI is InChI=1S/C21H29N5O3.HI/c1-5-22-21(24-14-17-16(3)19(28-4)15(2)13-23-17)26-10-8-25(9-11-26)20(27)18-7-6-12-29-18;/h6-7,12-13H,5,8-11,14H2,1-4H3,(H,22,24);1H. The topological polar surface area (TPSA) is 83.2 Å². The number of aromatic nitrogens is 1. The molecule has 0 bridgehead atoms. The maximum Gasteiger partial charge on any atom is 0.289 e. The van der Waals surface area contributed by atoms with E-state index in [1.165, 1.54) is 6.26 Å². The number of guanidine groups is 1. The van der Waals surface area contributed by atoms with Crippen LogP contribution in [0.25, 0.3) is 0 Å². The van der Waals surface area contributed by atoms with Crippen LogP contribution < -0.4 is 10.1 Å². The first-order valence-electron chi connectivity index (χ1n) is 9.90. The molecule has 1 amide bonds. The van der Waals surface area contributed by atoms with Gasteiger partial charge in [0, 0.05) is 50.0 Å². The van der Waals surface area contributed by atoms with Crippen LogP contribution in [0.1, 0.15) is 34.3 Å². The van der Waals surface area contributed by atoms with Gasteiger partial charge < -0.3 is 24.3 Å². The van der Waals surface area contributed by atoms with E-state index in [1.54, 1.807) is 19.2 Å². The summed E-state index contributed by atoms with van der Waals surface area (Å²) in [5, 5.41) is 3.35. The molecule has 30 heavy (non-hydrogen) atoms. The maximum atomic E-state index is 12.4. The quantitative estimate of drug-likeness (QED) is 0.366. The molecule has 0 atom stereocenters. The number of piperazine rings is 1. The molecule has 3 rings (SSSR count). The van der Waals surface area contributed by atoms with Crippen molar-refractivity contribution in [2.45, 2.75) is 27.3 Å². The zero-order chi connectivity index (χ0) is 20.8. The van der Waals surface area contributed by atoms with E-state index < -0.39 is 0 Å². The Balaban J connectivity index is 0.00000320. The number of aryl methyl sites for hydroxylation is 1. The lowest BCUT2D eigenvalue weighted by Crippen LogP contribution is -2.53. The van der Waals surface area contributed by atoms with Gasteiger partial charge in [-0.3, -0.25) is 9.78 Å². The van der Waals surface area contributed by atoms with Gasteiger partial charge in [0.2, 0.25) is 0 Å². The molecule has 1 fully saturated rings. The number of carbonyl (C=O) groups excluding carboxylic acids is 1. The molecule has 8 nitrogen and oxygen atoms in total. The third-order valence-electron chi connectivity index (χ3n) is 5.06. The lowest BCUT2D eigenvalue weighted by molar-refractivity contribution is 0.0657. The molecular formula is C21H30IN5O3. The van der Waals surface area contributed by atoms with Crippen LogP contribution in [-0.2, 0) is 6.54 Å². The molecule has 0 radical (unpaired) electrons. The Morgan fingerprint density at radius 1 is 1.27 bits per heavy atom. The molecule has 1 saturated heterocycles. The Morgan fingerprint density at radius 2 is 1.97 bits per heavy atom. The number of aliphatic imine (C=N–C) groups is 1. The van der Waals surface area contributed by atoms with Crippen LogP contribution in [0, 0.1) is 13.8 Å². The van der Waals surface area contributed by atoms with Gasteiger partial charge in [-0.25, -0.2) is 4.99 Å². The van der Waals surface area contributed by atoms with Crippen molar-refractivity contribution in [3.05, 3.63) is 47.2 Å². The monoisotopic (exact) mass is 527 g/mol. The Hall–Kier alpha value is -2.30. The fraction of sp³-hybridized carbons (Fsp3) is 0.476. The van der Waals surface area contributed by atoms with Gasteiger partial charge in [0.25, 0.3) is 5.91 Å². The first-order chi connectivity index (χ1) is 14.0. The number of carbonyl (C=O) groups is 1. The van der Waals surface area contributed by atoms with Crippen LogP contribution in [0.2, 0.25) is 0 Å². The lowest BCUT2D eigenvalue weighted by Gasteiger charge is -2.36. The number of halogens is 1. The molecule has 0 aromatic carbocycles. The number of hydrogen-bond donors (Lipinski definition) is 1. The molecule has 164 valence electrons.